The Labute approximate surface area is 188 Å². The Morgan fingerprint density at radius 1 is 1.21 bits per heavy atom. The van der Waals surface area contributed by atoms with Crippen LogP contribution in [0.15, 0.2) is 36.9 Å². The van der Waals surface area contributed by atoms with E-state index in [1.807, 2.05) is 0 Å². The first kappa shape index (κ1) is 22.9. The molecule has 1 fully saturated rings. The average Bonchev–Trinajstić information content (AvgIpc) is 3.36. The highest BCUT2D eigenvalue weighted by molar-refractivity contribution is 5.86. The second-order valence-electron chi connectivity index (χ2n) is 7.59. The lowest BCUT2D eigenvalue weighted by atomic mass is 10.1. The van der Waals surface area contributed by atoms with Gasteiger partial charge in [-0.1, -0.05) is 12.1 Å². The summed E-state index contributed by atoms with van der Waals surface area (Å²) in [5.41, 5.74) is 1.41. The number of fused-ring (bicyclic) bond motifs is 1. The van der Waals surface area contributed by atoms with Crippen LogP contribution in [-0.4, -0.2) is 83.5 Å². The van der Waals surface area contributed by atoms with Crippen LogP contribution in [0.5, 0.6) is 5.75 Å². The molecule has 0 spiro atoms. The van der Waals surface area contributed by atoms with E-state index >= 15 is 0 Å². The molecule has 12 heteroatoms. The summed E-state index contributed by atoms with van der Waals surface area (Å²) in [6, 6.07) is 5.67. The van der Waals surface area contributed by atoms with Crippen molar-refractivity contribution in [3.8, 4) is 5.75 Å². The molecule has 4 rings (SSSR count). The van der Waals surface area contributed by atoms with Gasteiger partial charge < -0.3 is 35.2 Å². The first-order chi connectivity index (χ1) is 15.9. The fraction of sp³-hybridized carbons (Fsp3) is 0.429. The lowest BCUT2D eigenvalue weighted by molar-refractivity contribution is -0.144. The number of imidazole rings is 1. The number of ether oxygens (including phenoxy) is 2. The monoisotopic (exact) mass is 459 g/mol. The Balaban J connectivity index is 1.62. The van der Waals surface area contributed by atoms with Gasteiger partial charge in [0.25, 0.3) is 0 Å². The molecule has 1 saturated heterocycles. The largest absolute Gasteiger partial charge is 0.508 e. The smallest absolute Gasteiger partial charge is 0.328 e. The number of aromatic nitrogens is 4. The molecule has 1 aliphatic heterocycles. The number of phenolic OH excluding ortho intramolecular Hbond substituents is 1. The molecule has 1 aliphatic rings. The Bertz CT molecular complexity index is 1110. The molecule has 3 heterocycles. The number of carbonyl (C=O) groups is 1. The first-order valence-electron chi connectivity index (χ1n) is 10.4. The number of aromatic hydroxyl groups is 1. The summed E-state index contributed by atoms with van der Waals surface area (Å²) >= 11 is 0. The highest BCUT2D eigenvalue weighted by Crippen LogP contribution is 2.32. The molecule has 0 radical (unpaired) electrons. The van der Waals surface area contributed by atoms with Crippen molar-refractivity contribution < 1.29 is 34.7 Å². The van der Waals surface area contributed by atoms with E-state index in [1.54, 1.807) is 19.1 Å². The number of rotatable bonds is 8. The van der Waals surface area contributed by atoms with Gasteiger partial charge in [-0.2, -0.15) is 0 Å². The zero-order chi connectivity index (χ0) is 23.5. The highest BCUT2D eigenvalue weighted by Gasteiger charge is 2.44. The summed E-state index contributed by atoms with van der Waals surface area (Å²) in [5, 5.41) is 42.3. The third-order valence-corrected chi connectivity index (χ3v) is 5.41. The molecule has 176 valence electrons. The van der Waals surface area contributed by atoms with Gasteiger partial charge in [0.1, 0.15) is 36.4 Å². The van der Waals surface area contributed by atoms with Gasteiger partial charge in [-0.3, -0.25) is 4.57 Å². The van der Waals surface area contributed by atoms with Crippen LogP contribution in [-0.2, 0) is 20.7 Å². The minimum absolute atomic E-state index is 0.118. The van der Waals surface area contributed by atoms with E-state index in [0.717, 1.165) is 5.56 Å². The summed E-state index contributed by atoms with van der Waals surface area (Å²) in [4.78, 5) is 25.3. The van der Waals surface area contributed by atoms with Crippen LogP contribution in [0.2, 0.25) is 0 Å². The van der Waals surface area contributed by atoms with Crippen LogP contribution in [0, 0.1) is 0 Å². The number of carbonyl (C=O) groups excluding carboxylic acids is 1. The van der Waals surface area contributed by atoms with Crippen LogP contribution < -0.4 is 5.32 Å². The van der Waals surface area contributed by atoms with Crippen molar-refractivity contribution in [2.45, 2.75) is 43.9 Å². The normalized spacial score (nSPS) is 23.5. The molecule has 0 unspecified atom stereocenters. The van der Waals surface area contributed by atoms with Gasteiger partial charge in [-0.25, -0.2) is 19.7 Å². The van der Waals surface area contributed by atoms with Crippen molar-refractivity contribution in [3.63, 3.8) is 0 Å². The number of nitrogens with one attached hydrogen (secondary N) is 1. The molecule has 33 heavy (non-hydrogen) atoms. The zero-order valence-corrected chi connectivity index (χ0v) is 17.8. The van der Waals surface area contributed by atoms with Gasteiger partial charge in [0.15, 0.2) is 23.2 Å². The fourth-order valence-electron chi connectivity index (χ4n) is 3.72. The van der Waals surface area contributed by atoms with E-state index < -0.39 is 43.2 Å². The SMILES string of the molecule is CCOC(=O)[C@H](Cc1ccc(O)cc1)Nc1ncnc2c1ncn2[C@@H]1O[C@H](CO)[C@H](O)[C@@H]1O. The highest BCUT2D eigenvalue weighted by atomic mass is 16.6. The number of aliphatic hydroxyl groups is 3. The quantitative estimate of drug-likeness (QED) is 0.281. The van der Waals surface area contributed by atoms with Crippen molar-refractivity contribution in [2.75, 3.05) is 18.5 Å². The molecule has 1 aromatic carbocycles. The van der Waals surface area contributed by atoms with E-state index in [0.29, 0.717) is 11.2 Å². The van der Waals surface area contributed by atoms with Gasteiger partial charge >= 0.3 is 5.97 Å². The van der Waals surface area contributed by atoms with Gasteiger partial charge in [-0.05, 0) is 24.6 Å². The molecule has 5 N–H and O–H groups in total. The van der Waals surface area contributed by atoms with E-state index in [1.165, 1.54) is 29.4 Å². The van der Waals surface area contributed by atoms with E-state index in [2.05, 4.69) is 20.3 Å². The summed E-state index contributed by atoms with van der Waals surface area (Å²) in [5.74, 6) is -0.102. The predicted molar refractivity (Wildman–Crippen MR) is 114 cm³/mol. The van der Waals surface area contributed by atoms with Crippen LogP contribution in [0.1, 0.15) is 18.7 Å². The molecule has 0 aliphatic carbocycles. The lowest BCUT2D eigenvalue weighted by Crippen LogP contribution is -2.34. The molecular weight excluding hydrogens is 434 g/mol. The minimum Gasteiger partial charge on any atom is -0.508 e. The maximum atomic E-state index is 12.6. The number of hydrogen-bond acceptors (Lipinski definition) is 11. The molecular formula is C21H25N5O7. The summed E-state index contributed by atoms with van der Waals surface area (Å²) in [6.07, 6.45) is -1.61. The number of esters is 1. The third kappa shape index (κ3) is 4.59. The van der Waals surface area contributed by atoms with Gasteiger partial charge in [0.2, 0.25) is 0 Å². The van der Waals surface area contributed by atoms with Crippen LogP contribution in [0.25, 0.3) is 11.2 Å². The maximum absolute atomic E-state index is 12.6. The van der Waals surface area contributed by atoms with Crippen molar-refractivity contribution >= 4 is 23.0 Å². The summed E-state index contributed by atoms with van der Waals surface area (Å²) in [6.45, 7) is 1.45. The molecule has 2 aromatic heterocycles. The zero-order valence-electron chi connectivity index (χ0n) is 17.8. The lowest BCUT2D eigenvalue weighted by Gasteiger charge is -2.19. The minimum atomic E-state index is -1.30. The standard InChI is InChI=1S/C21H25N5O7/c1-2-32-21(31)13(7-11-3-5-12(28)6-4-11)25-18-15-19(23-9-22-18)26(10-24-15)20-17(30)16(29)14(8-27)33-20/h3-6,9-10,13-14,16-17,20,27-30H,2,7-8H2,1H3,(H,22,23,25)/t13-,14+,16-,17-,20+/m0/s1. The van der Waals surface area contributed by atoms with Gasteiger partial charge in [-0.15, -0.1) is 0 Å². The van der Waals surface area contributed by atoms with E-state index in [-0.39, 0.29) is 24.6 Å². The molecule has 0 saturated carbocycles. The molecule has 3 aromatic rings. The summed E-state index contributed by atoms with van der Waals surface area (Å²) < 4.78 is 12.2. The van der Waals surface area contributed by atoms with Crippen molar-refractivity contribution in [2.24, 2.45) is 0 Å². The van der Waals surface area contributed by atoms with Crippen LogP contribution in [0.4, 0.5) is 5.82 Å². The van der Waals surface area contributed by atoms with Gasteiger partial charge in [0, 0.05) is 6.42 Å². The van der Waals surface area contributed by atoms with E-state index in [4.69, 9.17) is 9.47 Å². The first-order valence-corrected chi connectivity index (χ1v) is 10.4. The third-order valence-electron chi connectivity index (χ3n) is 5.41. The Hall–Kier alpha value is -3.32. The number of anilines is 1. The predicted octanol–water partition coefficient (Wildman–Crippen LogP) is -0.270. The maximum Gasteiger partial charge on any atom is 0.328 e. The second kappa shape index (κ2) is 9.67. The average molecular weight is 459 g/mol. The van der Waals surface area contributed by atoms with Crippen molar-refractivity contribution in [3.05, 3.63) is 42.5 Å². The topological polar surface area (TPSA) is 172 Å². The van der Waals surface area contributed by atoms with E-state index in [9.17, 15) is 25.2 Å². The fourth-order valence-corrected chi connectivity index (χ4v) is 3.72. The van der Waals surface area contributed by atoms with Crippen LogP contribution in [0.3, 0.4) is 0 Å². The number of nitrogens with zero attached hydrogens (tertiary/aromatic N) is 4. The Morgan fingerprint density at radius 3 is 2.64 bits per heavy atom. The number of benzene rings is 1. The Morgan fingerprint density at radius 2 is 1.97 bits per heavy atom. The second-order valence-corrected chi connectivity index (χ2v) is 7.59. The molecule has 0 amide bonds. The summed E-state index contributed by atoms with van der Waals surface area (Å²) in [7, 11) is 0. The number of phenols is 1. The van der Waals surface area contributed by atoms with Crippen molar-refractivity contribution in [1.82, 2.24) is 19.5 Å². The molecule has 0 bridgehead atoms. The Kier molecular flexibility index (Phi) is 6.70. The number of hydrogen-bond donors (Lipinski definition) is 5. The molecule has 5 atom stereocenters. The number of aliphatic hydroxyl groups excluding tert-OH is 3. The van der Waals surface area contributed by atoms with Crippen LogP contribution >= 0.6 is 0 Å². The molecule has 12 nitrogen and oxygen atoms in total. The van der Waals surface area contributed by atoms with Crippen molar-refractivity contribution in [1.29, 1.82) is 0 Å². The van der Waals surface area contributed by atoms with Gasteiger partial charge in [0.05, 0.1) is 19.5 Å².